The zero-order chi connectivity index (χ0) is 10.1. The van der Waals surface area contributed by atoms with Crippen molar-refractivity contribution in [3.8, 4) is 0 Å². The third kappa shape index (κ3) is 1.99. The van der Waals surface area contributed by atoms with Gasteiger partial charge in [0.1, 0.15) is 0 Å². The Hall–Kier alpha value is -0.400. The number of rotatable bonds is 3. The minimum Gasteiger partial charge on any atom is -0.371 e. The van der Waals surface area contributed by atoms with Crippen LogP contribution in [0.2, 0.25) is 5.02 Å². The van der Waals surface area contributed by atoms with Crippen molar-refractivity contribution in [3.63, 3.8) is 0 Å². The predicted octanol–water partition coefficient (Wildman–Crippen LogP) is 3.68. The summed E-state index contributed by atoms with van der Waals surface area (Å²) in [7, 11) is 2.12. The molecule has 76 valence electrons. The molecule has 0 unspecified atom stereocenters. The topological polar surface area (TPSA) is 3.24 Å². The van der Waals surface area contributed by atoms with E-state index in [1.165, 1.54) is 18.5 Å². The van der Waals surface area contributed by atoms with E-state index in [1.54, 1.807) is 0 Å². The lowest BCUT2D eigenvalue weighted by molar-refractivity contribution is 0.910. The van der Waals surface area contributed by atoms with Gasteiger partial charge in [0.15, 0.2) is 0 Å². The molecule has 0 atom stereocenters. The first-order valence-electron chi connectivity index (χ1n) is 4.79. The minimum atomic E-state index is 0.521. The number of benzene rings is 1. The summed E-state index contributed by atoms with van der Waals surface area (Å²) in [6, 6.07) is 6.63. The Balaban J connectivity index is 2.30. The normalized spacial score (nSPS) is 15.6. The Morgan fingerprint density at radius 2 is 2.14 bits per heavy atom. The first-order valence-corrected chi connectivity index (χ1v) is 5.71. The van der Waals surface area contributed by atoms with Crippen molar-refractivity contribution >= 4 is 28.9 Å². The Morgan fingerprint density at radius 1 is 1.43 bits per heavy atom. The molecule has 1 aliphatic rings. The summed E-state index contributed by atoms with van der Waals surface area (Å²) in [4.78, 5) is 2.30. The molecule has 0 aromatic heterocycles. The smallest absolute Gasteiger partial charge is 0.0495 e. The fourth-order valence-electron chi connectivity index (χ4n) is 1.66. The van der Waals surface area contributed by atoms with Crippen LogP contribution >= 0.6 is 23.2 Å². The van der Waals surface area contributed by atoms with Gasteiger partial charge >= 0.3 is 0 Å². The van der Waals surface area contributed by atoms with Crippen LogP contribution in [0.5, 0.6) is 0 Å². The Kier molecular flexibility index (Phi) is 2.89. The molecule has 3 heteroatoms. The molecule has 1 aromatic rings. The SMILES string of the molecule is CN(c1ccc(Cl)cc1CCl)C1CC1. The van der Waals surface area contributed by atoms with Crippen LogP contribution in [0.1, 0.15) is 18.4 Å². The van der Waals surface area contributed by atoms with Crippen LogP contribution in [0.25, 0.3) is 0 Å². The highest BCUT2D eigenvalue weighted by Gasteiger charge is 2.27. The average molecular weight is 230 g/mol. The third-order valence-electron chi connectivity index (χ3n) is 2.66. The van der Waals surface area contributed by atoms with Gasteiger partial charge in [0.05, 0.1) is 0 Å². The van der Waals surface area contributed by atoms with Crippen molar-refractivity contribution in [3.05, 3.63) is 28.8 Å². The first-order chi connectivity index (χ1) is 6.72. The van der Waals surface area contributed by atoms with E-state index < -0.39 is 0 Å². The lowest BCUT2D eigenvalue weighted by atomic mass is 10.2. The number of anilines is 1. The van der Waals surface area contributed by atoms with Gasteiger partial charge in [0.2, 0.25) is 0 Å². The fourth-order valence-corrected chi connectivity index (χ4v) is 2.07. The van der Waals surface area contributed by atoms with Gasteiger partial charge < -0.3 is 4.90 Å². The molecule has 2 rings (SSSR count). The van der Waals surface area contributed by atoms with E-state index in [2.05, 4.69) is 18.0 Å². The molecule has 1 aromatic carbocycles. The predicted molar refractivity (Wildman–Crippen MR) is 62.4 cm³/mol. The van der Waals surface area contributed by atoms with Gasteiger partial charge in [-0.1, -0.05) is 11.6 Å². The molecule has 0 saturated heterocycles. The second-order valence-electron chi connectivity index (χ2n) is 3.75. The molecule has 1 saturated carbocycles. The van der Waals surface area contributed by atoms with E-state index in [1.807, 2.05) is 12.1 Å². The van der Waals surface area contributed by atoms with Gasteiger partial charge in [-0.2, -0.15) is 0 Å². The van der Waals surface area contributed by atoms with E-state index in [-0.39, 0.29) is 0 Å². The van der Waals surface area contributed by atoms with Crippen LogP contribution in [0, 0.1) is 0 Å². The van der Waals surface area contributed by atoms with Crippen LogP contribution in [0.15, 0.2) is 18.2 Å². The Bertz CT molecular complexity index is 334. The van der Waals surface area contributed by atoms with E-state index in [0.717, 1.165) is 10.6 Å². The molecule has 0 aliphatic heterocycles. The quantitative estimate of drug-likeness (QED) is 0.716. The van der Waals surface area contributed by atoms with Gasteiger partial charge in [0, 0.05) is 29.7 Å². The van der Waals surface area contributed by atoms with Crippen LogP contribution < -0.4 is 4.90 Å². The number of nitrogens with zero attached hydrogens (tertiary/aromatic N) is 1. The Labute approximate surface area is 94.6 Å². The van der Waals surface area contributed by atoms with Crippen LogP contribution in [-0.2, 0) is 5.88 Å². The molecule has 0 spiro atoms. The maximum atomic E-state index is 5.92. The van der Waals surface area contributed by atoms with E-state index in [4.69, 9.17) is 23.2 Å². The molecular weight excluding hydrogens is 217 g/mol. The Morgan fingerprint density at radius 3 is 2.71 bits per heavy atom. The highest BCUT2D eigenvalue weighted by atomic mass is 35.5. The van der Waals surface area contributed by atoms with E-state index in [0.29, 0.717) is 11.9 Å². The highest BCUT2D eigenvalue weighted by Crippen LogP contribution is 2.33. The largest absolute Gasteiger partial charge is 0.371 e. The summed E-state index contributed by atoms with van der Waals surface area (Å²) in [6.45, 7) is 0. The molecule has 0 amide bonds. The van der Waals surface area contributed by atoms with Crippen LogP contribution in [0.4, 0.5) is 5.69 Å². The number of halogens is 2. The first kappa shape index (κ1) is 10.1. The second kappa shape index (κ2) is 4.00. The zero-order valence-electron chi connectivity index (χ0n) is 8.13. The van der Waals surface area contributed by atoms with Gasteiger partial charge in [-0.15, -0.1) is 11.6 Å². The molecule has 0 N–H and O–H groups in total. The van der Waals surface area contributed by atoms with Crippen molar-refractivity contribution < 1.29 is 0 Å². The van der Waals surface area contributed by atoms with Crippen molar-refractivity contribution in [1.29, 1.82) is 0 Å². The van der Waals surface area contributed by atoms with E-state index in [9.17, 15) is 0 Å². The standard InChI is InChI=1S/C11H13Cl2N/c1-14(10-3-4-10)11-5-2-9(13)6-8(11)7-12/h2,5-6,10H,3-4,7H2,1H3. The monoisotopic (exact) mass is 229 g/mol. The number of hydrogen-bond donors (Lipinski definition) is 0. The van der Waals surface area contributed by atoms with Crippen molar-refractivity contribution in [2.24, 2.45) is 0 Å². The van der Waals surface area contributed by atoms with Gasteiger partial charge in [0.25, 0.3) is 0 Å². The van der Waals surface area contributed by atoms with Gasteiger partial charge in [-0.3, -0.25) is 0 Å². The second-order valence-corrected chi connectivity index (χ2v) is 4.45. The molecule has 0 radical (unpaired) electrons. The van der Waals surface area contributed by atoms with Crippen molar-refractivity contribution in [2.45, 2.75) is 24.8 Å². The summed E-state index contributed by atoms with van der Waals surface area (Å²) in [5, 5.41) is 0.758. The van der Waals surface area contributed by atoms with Gasteiger partial charge in [-0.25, -0.2) is 0 Å². The van der Waals surface area contributed by atoms with Crippen molar-refractivity contribution in [1.82, 2.24) is 0 Å². The fraction of sp³-hybridized carbons (Fsp3) is 0.455. The molecule has 1 fully saturated rings. The summed E-state index contributed by atoms with van der Waals surface area (Å²) in [6.07, 6.45) is 2.59. The minimum absolute atomic E-state index is 0.521. The molecule has 1 aliphatic carbocycles. The molecule has 0 bridgehead atoms. The lowest BCUT2D eigenvalue weighted by Crippen LogP contribution is -2.20. The average Bonchev–Trinajstić information content (AvgIpc) is 3.00. The van der Waals surface area contributed by atoms with E-state index >= 15 is 0 Å². The van der Waals surface area contributed by atoms with Gasteiger partial charge in [-0.05, 0) is 36.6 Å². The molecule has 14 heavy (non-hydrogen) atoms. The summed E-state index contributed by atoms with van der Waals surface area (Å²) >= 11 is 11.8. The zero-order valence-corrected chi connectivity index (χ0v) is 9.65. The molecular formula is C11H13Cl2N. The summed E-state index contributed by atoms with van der Waals surface area (Å²) in [5.74, 6) is 0.521. The molecule has 0 heterocycles. The summed E-state index contributed by atoms with van der Waals surface area (Å²) < 4.78 is 0. The number of alkyl halides is 1. The van der Waals surface area contributed by atoms with Crippen LogP contribution in [-0.4, -0.2) is 13.1 Å². The number of hydrogen-bond acceptors (Lipinski definition) is 1. The third-order valence-corrected chi connectivity index (χ3v) is 3.18. The highest BCUT2D eigenvalue weighted by molar-refractivity contribution is 6.30. The summed E-state index contributed by atoms with van der Waals surface area (Å²) in [5.41, 5.74) is 2.33. The maximum Gasteiger partial charge on any atom is 0.0495 e. The van der Waals surface area contributed by atoms with Crippen molar-refractivity contribution in [2.75, 3.05) is 11.9 Å². The van der Waals surface area contributed by atoms with Crippen LogP contribution in [0.3, 0.4) is 0 Å². The molecule has 1 nitrogen and oxygen atoms in total. The maximum absolute atomic E-state index is 5.92. The lowest BCUT2D eigenvalue weighted by Gasteiger charge is -2.21.